The molecular formula is C20H30N2S. The molecule has 0 aliphatic heterocycles. The molecule has 0 bridgehead atoms. The van der Waals surface area contributed by atoms with Gasteiger partial charge in [-0.25, -0.2) is 4.98 Å². The van der Waals surface area contributed by atoms with Gasteiger partial charge in [0, 0.05) is 10.3 Å². The molecule has 0 aromatic carbocycles. The van der Waals surface area contributed by atoms with Crippen LogP contribution in [0.5, 0.6) is 0 Å². The molecule has 1 aromatic rings. The molecule has 0 radical (unpaired) electrons. The molecule has 2 nitrogen and oxygen atoms in total. The number of hydrogen-bond acceptors (Lipinski definition) is 3. The van der Waals surface area contributed by atoms with Crippen LogP contribution in [0, 0.1) is 29.1 Å². The second-order valence-corrected chi connectivity index (χ2v) is 10.5. The van der Waals surface area contributed by atoms with Crippen molar-refractivity contribution in [2.45, 2.75) is 77.0 Å². The smallest absolute Gasteiger partial charge is 0.180 e. The summed E-state index contributed by atoms with van der Waals surface area (Å²) in [6.45, 7) is 5.17. The fourth-order valence-electron chi connectivity index (χ4n) is 7.44. The summed E-state index contributed by atoms with van der Waals surface area (Å²) in [5.41, 5.74) is 8.37. The van der Waals surface area contributed by atoms with Gasteiger partial charge in [-0.1, -0.05) is 26.7 Å². The lowest BCUT2D eigenvalue weighted by atomic mass is 9.45. The van der Waals surface area contributed by atoms with Gasteiger partial charge in [0.15, 0.2) is 5.13 Å². The zero-order valence-corrected chi connectivity index (χ0v) is 15.4. The van der Waals surface area contributed by atoms with E-state index in [1.807, 2.05) is 0 Å². The van der Waals surface area contributed by atoms with Crippen molar-refractivity contribution < 1.29 is 0 Å². The van der Waals surface area contributed by atoms with Crippen LogP contribution in [0.1, 0.15) is 75.8 Å². The molecule has 4 aliphatic carbocycles. The van der Waals surface area contributed by atoms with E-state index in [1.54, 1.807) is 11.3 Å². The summed E-state index contributed by atoms with van der Waals surface area (Å²) in [7, 11) is 0. The zero-order chi connectivity index (χ0) is 15.8. The summed E-state index contributed by atoms with van der Waals surface area (Å²) in [4.78, 5) is 6.30. The van der Waals surface area contributed by atoms with E-state index in [2.05, 4.69) is 13.8 Å². The number of nitrogen functional groups attached to an aromatic ring is 1. The number of rotatable bonds is 0. The topological polar surface area (TPSA) is 38.9 Å². The van der Waals surface area contributed by atoms with Gasteiger partial charge in [0.05, 0.1) is 5.69 Å². The van der Waals surface area contributed by atoms with Crippen molar-refractivity contribution in [1.82, 2.24) is 4.98 Å². The predicted molar refractivity (Wildman–Crippen MR) is 96.6 cm³/mol. The number of fused-ring (bicyclic) bond motifs is 7. The normalized spacial score (nSPS) is 48.3. The monoisotopic (exact) mass is 330 g/mol. The second-order valence-electron chi connectivity index (χ2n) is 9.39. The lowest BCUT2D eigenvalue weighted by molar-refractivity contribution is -0.0907. The third kappa shape index (κ3) is 1.83. The van der Waals surface area contributed by atoms with Gasteiger partial charge in [-0.2, -0.15) is 0 Å². The Kier molecular flexibility index (Phi) is 3.04. The Labute approximate surface area is 144 Å². The molecule has 0 saturated heterocycles. The molecule has 5 rings (SSSR count). The van der Waals surface area contributed by atoms with Crippen LogP contribution in [0.15, 0.2) is 0 Å². The minimum absolute atomic E-state index is 0.322. The van der Waals surface area contributed by atoms with E-state index in [0.717, 1.165) is 28.8 Å². The maximum absolute atomic E-state index is 6.02. The van der Waals surface area contributed by atoms with Crippen molar-refractivity contribution in [3.8, 4) is 0 Å². The van der Waals surface area contributed by atoms with Gasteiger partial charge < -0.3 is 5.73 Å². The van der Waals surface area contributed by atoms with Crippen molar-refractivity contribution >= 4 is 16.5 Å². The van der Waals surface area contributed by atoms with Crippen molar-refractivity contribution in [3.05, 3.63) is 10.6 Å². The fraction of sp³-hybridized carbons (Fsp3) is 0.850. The number of hydrogen-bond donors (Lipinski definition) is 1. The maximum Gasteiger partial charge on any atom is 0.180 e. The Morgan fingerprint density at radius 3 is 2.78 bits per heavy atom. The van der Waals surface area contributed by atoms with E-state index in [4.69, 9.17) is 10.7 Å². The van der Waals surface area contributed by atoms with Gasteiger partial charge in [0.2, 0.25) is 0 Å². The Balaban J connectivity index is 1.51. The SMILES string of the molecule is CC12CCC3C(CCC4CCCCC43C)C1Cc1sc(N)nc12. The summed E-state index contributed by atoms with van der Waals surface area (Å²) < 4.78 is 0. The standard InChI is InChI=1S/C20H30N2S/c1-19-9-4-3-5-12(19)6-7-13-14(19)8-10-20(2)15(13)11-16-17(20)22-18(21)23-16/h12-15H,3-11H2,1-2H3,(H2,21,22). The molecule has 4 aliphatic rings. The average Bonchev–Trinajstić information content (AvgIpc) is 3.02. The lowest BCUT2D eigenvalue weighted by Gasteiger charge is -2.59. The van der Waals surface area contributed by atoms with E-state index in [1.165, 1.54) is 68.4 Å². The molecule has 0 spiro atoms. The fourth-order valence-corrected chi connectivity index (χ4v) is 8.47. The second kappa shape index (κ2) is 4.74. The van der Waals surface area contributed by atoms with E-state index in [0.29, 0.717) is 10.8 Å². The maximum atomic E-state index is 6.02. The highest BCUT2D eigenvalue weighted by atomic mass is 32.1. The molecular weight excluding hydrogens is 300 g/mol. The first-order chi connectivity index (χ1) is 11.0. The van der Waals surface area contributed by atoms with Crippen LogP contribution in [0.25, 0.3) is 0 Å². The van der Waals surface area contributed by atoms with Gasteiger partial charge >= 0.3 is 0 Å². The highest BCUT2D eigenvalue weighted by molar-refractivity contribution is 7.15. The van der Waals surface area contributed by atoms with Crippen molar-refractivity contribution in [1.29, 1.82) is 0 Å². The summed E-state index contributed by atoms with van der Waals surface area (Å²) >= 11 is 1.77. The highest BCUT2D eigenvalue weighted by Gasteiger charge is 2.59. The molecule has 3 heteroatoms. The van der Waals surface area contributed by atoms with Crippen LogP contribution in [0.4, 0.5) is 5.13 Å². The van der Waals surface area contributed by atoms with Crippen molar-refractivity contribution in [2.75, 3.05) is 5.73 Å². The van der Waals surface area contributed by atoms with Gasteiger partial charge in [0.1, 0.15) is 0 Å². The minimum Gasteiger partial charge on any atom is -0.375 e. The predicted octanol–water partition coefficient (Wildman–Crippen LogP) is 5.17. The first-order valence-corrected chi connectivity index (χ1v) is 10.6. The number of nitrogens with zero attached hydrogens (tertiary/aromatic N) is 1. The van der Waals surface area contributed by atoms with Crippen LogP contribution < -0.4 is 5.73 Å². The van der Waals surface area contributed by atoms with Crippen LogP contribution in [-0.2, 0) is 11.8 Å². The Morgan fingerprint density at radius 2 is 1.91 bits per heavy atom. The average molecular weight is 331 g/mol. The molecule has 6 atom stereocenters. The van der Waals surface area contributed by atoms with Crippen LogP contribution in [0.3, 0.4) is 0 Å². The van der Waals surface area contributed by atoms with E-state index in [-0.39, 0.29) is 0 Å². The number of anilines is 1. The first-order valence-electron chi connectivity index (χ1n) is 9.78. The molecule has 126 valence electrons. The molecule has 1 aromatic heterocycles. The van der Waals surface area contributed by atoms with Gasteiger partial charge in [-0.15, -0.1) is 11.3 Å². The van der Waals surface area contributed by atoms with Crippen molar-refractivity contribution in [3.63, 3.8) is 0 Å². The summed E-state index contributed by atoms with van der Waals surface area (Å²) in [6.07, 6.45) is 13.0. The van der Waals surface area contributed by atoms with Crippen LogP contribution in [0.2, 0.25) is 0 Å². The Morgan fingerprint density at radius 1 is 1.04 bits per heavy atom. The first kappa shape index (κ1) is 14.7. The van der Waals surface area contributed by atoms with Crippen LogP contribution in [-0.4, -0.2) is 4.98 Å². The molecule has 3 fully saturated rings. The number of thiazole rings is 1. The zero-order valence-electron chi connectivity index (χ0n) is 14.6. The van der Waals surface area contributed by atoms with Gasteiger partial charge in [0.25, 0.3) is 0 Å². The molecule has 23 heavy (non-hydrogen) atoms. The summed E-state index contributed by atoms with van der Waals surface area (Å²) in [5.74, 6) is 3.78. The number of aromatic nitrogens is 1. The number of nitrogens with two attached hydrogens (primary N) is 1. The largest absolute Gasteiger partial charge is 0.375 e. The van der Waals surface area contributed by atoms with E-state index in [9.17, 15) is 0 Å². The molecule has 1 heterocycles. The molecule has 6 unspecified atom stereocenters. The Hall–Kier alpha value is -0.570. The van der Waals surface area contributed by atoms with Crippen LogP contribution >= 0.6 is 11.3 Å². The van der Waals surface area contributed by atoms with E-state index >= 15 is 0 Å². The minimum atomic E-state index is 0.322. The third-order valence-corrected chi connectivity index (χ3v) is 9.54. The lowest BCUT2D eigenvalue weighted by Crippen LogP contribution is -2.53. The van der Waals surface area contributed by atoms with Crippen molar-refractivity contribution in [2.24, 2.45) is 29.1 Å². The molecule has 2 N–H and O–H groups in total. The molecule has 3 saturated carbocycles. The highest BCUT2D eigenvalue weighted by Crippen LogP contribution is 2.65. The van der Waals surface area contributed by atoms with Gasteiger partial charge in [-0.05, 0) is 74.0 Å². The van der Waals surface area contributed by atoms with Gasteiger partial charge in [-0.3, -0.25) is 0 Å². The summed E-state index contributed by atoms with van der Waals surface area (Å²) in [6, 6.07) is 0. The summed E-state index contributed by atoms with van der Waals surface area (Å²) in [5, 5.41) is 0.791. The Bertz CT molecular complexity index is 638. The van der Waals surface area contributed by atoms with E-state index < -0.39 is 0 Å². The third-order valence-electron chi connectivity index (χ3n) is 8.63. The molecule has 0 amide bonds. The quantitative estimate of drug-likeness (QED) is 0.712.